The molecule has 4 unspecified atom stereocenters. The van der Waals surface area contributed by atoms with Crippen LogP contribution in [0.4, 0.5) is 11.4 Å². The van der Waals surface area contributed by atoms with Crippen molar-refractivity contribution in [2.45, 2.75) is 254 Å². The van der Waals surface area contributed by atoms with Gasteiger partial charge in [-0.05, 0) is 175 Å². The fraction of sp³-hybridized carbons (Fsp3) is 0.563. The molecule has 2 aliphatic carbocycles. The Hall–Kier alpha value is -5.92. The zero-order valence-corrected chi connectivity index (χ0v) is 65.4. The minimum absolute atomic E-state index is 0.0422. The van der Waals surface area contributed by atoms with Crippen LogP contribution in [-0.2, 0) is 20.2 Å². The molecule has 0 fully saturated rings. The van der Waals surface area contributed by atoms with Gasteiger partial charge in [-0.25, -0.2) is 26.0 Å². The van der Waals surface area contributed by atoms with E-state index in [9.17, 15) is 25.9 Å². The second kappa shape index (κ2) is 45.1. The van der Waals surface area contributed by atoms with Crippen molar-refractivity contribution in [3.05, 3.63) is 179 Å². The van der Waals surface area contributed by atoms with Crippen LogP contribution >= 0.6 is 0 Å². The molecule has 12 heteroatoms. The third-order valence-electron chi connectivity index (χ3n) is 20.5. The summed E-state index contributed by atoms with van der Waals surface area (Å²) in [7, 11) is -10.1. The van der Waals surface area contributed by atoms with Crippen LogP contribution in [0.1, 0.15) is 265 Å². The van der Waals surface area contributed by atoms with Crippen molar-refractivity contribution in [2.24, 2.45) is 23.7 Å². The zero-order valence-electron chi connectivity index (χ0n) is 63.8. The van der Waals surface area contributed by atoms with Crippen molar-refractivity contribution < 1.29 is 35.1 Å². The number of unbranched alkanes of at least 4 members (excludes halogenated alkanes) is 8. The first-order chi connectivity index (χ1) is 47.8. The van der Waals surface area contributed by atoms with Gasteiger partial charge >= 0.3 is 0 Å². The van der Waals surface area contributed by atoms with Gasteiger partial charge in [0.1, 0.15) is 46.4 Å². The van der Waals surface area contributed by atoms with Gasteiger partial charge < -0.3 is 18.9 Å². The maximum absolute atomic E-state index is 12.5. The quantitative estimate of drug-likeness (QED) is 0.0316. The Labute approximate surface area is 603 Å². The molecule has 99 heavy (non-hydrogen) atoms. The van der Waals surface area contributed by atoms with Gasteiger partial charge in [0.15, 0.2) is 11.4 Å². The van der Waals surface area contributed by atoms with E-state index in [0.717, 1.165) is 119 Å². The Balaban J connectivity index is 0.000000363. The van der Waals surface area contributed by atoms with Crippen LogP contribution < -0.4 is 9.80 Å². The average molecular weight is 1390 g/mol. The molecule has 0 bridgehead atoms. The van der Waals surface area contributed by atoms with Gasteiger partial charge in [0, 0.05) is 92.1 Å². The first-order valence-corrected chi connectivity index (χ1v) is 41.9. The molecule has 0 heterocycles. The van der Waals surface area contributed by atoms with Gasteiger partial charge in [-0.3, -0.25) is 0 Å². The van der Waals surface area contributed by atoms with Crippen molar-refractivity contribution in [3.8, 4) is 0 Å². The molecule has 6 rings (SSSR count). The smallest absolute Gasteiger partial charge is 0.199 e. The minimum atomic E-state index is -5.15. The topological polar surface area (TPSA) is 127 Å². The van der Waals surface area contributed by atoms with Crippen LogP contribution in [0, 0.1) is 30.6 Å². The number of allylic oxidation sites excluding steroid dienone is 10. The summed E-state index contributed by atoms with van der Waals surface area (Å²) in [6.07, 6.45) is 46.9. The highest BCUT2D eigenvalue weighted by Crippen LogP contribution is 2.38. The van der Waals surface area contributed by atoms with Crippen LogP contribution in [-0.4, -0.2) is 98.9 Å². The van der Waals surface area contributed by atoms with Crippen molar-refractivity contribution in [3.63, 3.8) is 0 Å². The molecule has 0 N–H and O–H groups in total. The third kappa shape index (κ3) is 27.1. The predicted molar refractivity (Wildman–Crippen MR) is 422 cm³/mol. The highest BCUT2D eigenvalue weighted by atomic mass is 32.2. The summed E-state index contributed by atoms with van der Waals surface area (Å²) in [6, 6.07) is 29.5. The normalized spacial score (nSPS) is 14.3. The van der Waals surface area contributed by atoms with E-state index in [1.54, 1.807) is 0 Å². The lowest BCUT2D eigenvalue weighted by Crippen LogP contribution is -2.34. The Morgan fingerprint density at radius 3 is 1.17 bits per heavy atom. The van der Waals surface area contributed by atoms with Crippen LogP contribution in [0.2, 0.25) is 0 Å². The van der Waals surface area contributed by atoms with E-state index < -0.39 is 30.0 Å². The van der Waals surface area contributed by atoms with Gasteiger partial charge in [-0.15, -0.1) is 0 Å². The second-order valence-corrected chi connectivity index (χ2v) is 30.9. The van der Waals surface area contributed by atoms with Gasteiger partial charge in [0.2, 0.25) is 0 Å². The number of benzene rings is 4. The standard InChI is InChI=1S/C52H83N2.C35H48N2O6S2/c1-10-18-25-43(14-5)38-53(39-44(15-6)26-19-11-2)49-34-30-47(31-35-49)52(51-29-23-22-24-42(51)9)48-32-36-50(37-33-48)54(40-45(16-7)27-20-12-3)41-46(17-8)28-21-13-4;1-5-9-23-36(24-10-6-2)30-17-13-28(14-18-30)35(33-22-21-32(44(38,39)40)27-34(33)45(41,42)43)29-15-19-31(20-16-29)37(25-11-7-3)26-12-8-4/h22-24,29-37,43-46H,10-21,25-28,38-41H2,1-9H3;13-22,27H,5-12,23-26H2,1-4H3,(H-,38,39,40,41,42,43)/q+1;/p-1. The summed E-state index contributed by atoms with van der Waals surface area (Å²) in [5.41, 5.74) is 13.3. The monoisotopic (exact) mass is 1390 g/mol. The molecule has 0 aliphatic heterocycles. The number of hydrogen-bond donors (Lipinski definition) is 0. The first kappa shape index (κ1) is 83.7. The van der Waals surface area contributed by atoms with E-state index in [1.807, 2.05) is 48.6 Å². The Morgan fingerprint density at radius 1 is 0.404 bits per heavy atom. The van der Waals surface area contributed by atoms with Crippen LogP contribution in [0.5, 0.6) is 0 Å². The summed E-state index contributed by atoms with van der Waals surface area (Å²) in [6.45, 7) is 38.2. The van der Waals surface area contributed by atoms with E-state index in [0.29, 0.717) is 22.8 Å². The van der Waals surface area contributed by atoms with E-state index in [1.165, 1.54) is 174 Å². The SMILES string of the molecule is CCCCC(CC)CN(CC(CC)CCCC)c1ccc(C(=C2C=CC(=[N+](CC(CC)CCCC)CC(CC)CCCC)C=C2)c2ccccc2C)cc1.CCCCN(CCCC)c1ccc(C(=C2C=CC(=[N+](CCCC)CCCC)C=C2)c2ccc(S(=O)(=O)[O-])cc2S(=O)(=O)[O-])cc1. The maximum Gasteiger partial charge on any atom is 0.199 e. The summed E-state index contributed by atoms with van der Waals surface area (Å²) >= 11 is 0. The molecule has 0 saturated carbocycles. The number of nitrogens with zero attached hydrogens (tertiary/aromatic N) is 4. The average Bonchev–Trinajstić information content (AvgIpc) is 0.775. The lowest BCUT2D eigenvalue weighted by molar-refractivity contribution is -0.541. The van der Waals surface area contributed by atoms with Gasteiger partial charge in [0.25, 0.3) is 0 Å². The van der Waals surface area contributed by atoms with E-state index >= 15 is 0 Å². The van der Waals surface area contributed by atoms with Crippen molar-refractivity contribution >= 4 is 54.2 Å². The summed E-state index contributed by atoms with van der Waals surface area (Å²) in [5, 5.41) is 0. The van der Waals surface area contributed by atoms with Crippen molar-refractivity contribution in [1.82, 2.24) is 0 Å². The van der Waals surface area contributed by atoms with E-state index in [-0.39, 0.29) is 5.56 Å². The molecule has 10 nitrogen and oxygen atoms in total. The summed E-state index contributed by atoms with van der Waals surface area (Å²) in [5.74, 6) is 3.00. The Morgan fingerprint density at radius 2 is 0.788 bits per heavy atom. The van der Waals surface area contributed by atoms with E-state index in [2.05, 4.69) is 182 Å². The molecule has 0 saturated heterocycles. The fourth-order valence-electron chi connectivity index (χ4n) is 13.9. The van der Waals surface area contributed by atoms with Crippen molar-refractivity contribution in [1.29, 1.82) is 0 Å². The lowest BCUT2D eigenvalue weighted by atomic mass is 9.88. The largest absolute Gasteiger partial charge is 0.744 e. The number of rotatable bonds is 44. The van der Waals surface area contributed by atoms with Crippen molar-refractivity contribution in [2.75, 3.05) is 62.2 Å². The van der Waals surface area contributed by atoms with Crippen LogP contribution in [0.25, 0.3) is 11.1 Å². The van der Waals surface area contributed by atoms with Gasteiger partial charge in [-0.1, -0.05) is 228 Å². The molecule has 4 aromatic rings. The molecule has 0 spiro atoms. The number of aryl methyl sites for hydroxylation is 1. The molecule has 0 radical (unpaired) electrons. The molecule has 4 atom stereocenters. The first-order valence-electron chi connectivity index (χ1n) is 39.1. The molecular formula is C87H130N4O6S2. The summed E-state index contributed by atoms with van der Waals surface area (Å²) in [4.78, 5) is 3.58. The highest BCUT2D eigenvalue weighted by molar-refractivity contribution is 7.86. The van der Waals surface area contributed by atoms with Gasteiger partial charge in [-0.2, -0.15) is 0 Å². The van der Waals surface area contributed by atoms with Crippen LogP contribution in [0.3, 0.4) is 0 Å². The number of anilines is 2. The lowest BCUT2D eigenvalue weighted by Gasteiger charge is -2.33. The number of hydrogen-bond acceptors (Lipinski definition) is 8. The Bertz CT molecular complexity index is 3460. The molecule has 546 valence electrons. The molecule has 0 aromatic heterocycles. The summed E-state index contributed by atoms with van der Waals surface area (Å²) < 4.78 is 77.9. The molecular weight excluding hydrogens is 1260 g/mol. The highest BCUT2D eigenvalue weighted by Gasteiger charge is 2.26. The zero-order chi connectivity index (χ0) is 72.2. The fourth-order valence-corrected chi connectivity index (χ4v) is 15.1. The molecule has 0 amide bonds. The second-order valence-electron chi connectivity index (χ2n) is 28.2. The minimum Gasteiger partial charge on any atom is -0.744 e. The Kier molecular flexibility index (Phi) is 38.2. The maximum atomic E-state index is 12.5. The molecule has 4 aromatic carbocycles. The van der Waals surface area contributed by atoms with E-state index in [4.69, 9.17) is 0 Å². The molecule has 2 aliphatic rings. The van der Waals surface area contributed by atoms with Gasteiger partial charge in [0.05, 0.1) is 9.79 Å². The third-order valence-corrected chi connectivity index (χ3v) is 22.2. The predicted octanol–water partition coefficient (Wildman–Crippen LogP) is 21.9. The van der Waals surface area contributed by atoms with Crippen LogP contribution in [0.15, 0.2) is 161 Å².